The number of imidazole rings is 2. The van der Waals surface area contributed by atoms with Crippen molar-refractivity contribution in [2.45, 2.75) is 196 Å². The summed E-state index contributed by atoms with van der Waals surface area (Å²) in [7, 11) is 0. The van der Waals surface area contributed by atoms with E-state index in [4.69, 9.17) is 24.7 Å². The molecule has 6 heteroatoms. The summed E-state index contributed by atoms with van der Waals surface area (Å²) in [5, 5.41) is 0. The van der Waals surface area contributed by atoms with Crippen LogP contribution in [0.25, 0.3) is 0 Å². The molecule has 256 valence electrons. The molecule has 45 heavy (non-hydrogen) atoms. The minimum atomic E-state index is 0. The van der Waals surface area contributed by atoms with Crippen molar-refractivity contribution >= 4 is 37.7 Å². The quantitative estimate of drug-likeness (QED) is 0.266. The average Bonchev–Trinajstić information content (AvgIpc) is 3.69. The van der Waals surface area contributed by atoms with Gasteiger partial charge in [-0.05, 0) is 70.5 Å². The van der Waals surface area contributed by atoms with Gasteiger partial charge in [-0.2, -0.15) is 0 Å². The number of rotatable bonds is 8. The standard InChI is InChI=1S/2C17H31N2.C5H10O.Ca/c2*1-10-16(6,7)12-13(17(8,9)11-2)19-14(18-12)15(3,4)5;1-5-2-3-6-4-5;/h2*10-11H2,1-9H3;5H,2-4H2,1H3;/q2*-1;;+2. The van der Waals surface area contributed by atoms with Gasteiger partial charge < -0.3 is 24.7 Å². The SMILES string of the molecule is CC1CCOC1.CCC(C)(C)c1nc(C(C)(C)C)[n-]c1C(C)(C)CC.CCC(C)(C)c1nc(C(C)(C)C)[n-]c1C(C)(C)CC.[Ca+2]. The maximum Gasteiger partial charge on any atom is 2.00 e. The first kappa shape index (κ1) is 44.6. The smallest absolute Gasteiger partial charge is 0.442 e. The predicted molar refractivity (Wildman–Crippen MR) is 196 cm³/mol. The zero-order valence-electron chi connectivity index (χ0n) is 33.4. The van der Waals surface area contributed by atoms with Crippen LogP contribution < -0.4 is 9.97 Å². The first-order chi connectivity index (χ1) is 19.8. The molecule has 1 aliphatic rings. The predicted octanol–water partition coefficient (Wildman–Crippen LogP) is 10.1. The topological polar surface area (TPSA) is 63.2 Å². The number of nitrogens with zero attached hydrogens (tertiary/aromatic N) is 4. The largest absolute Gasteiger partial charge is 2.00 e. The van der Waals surface area contributed by atoms with Gasteiger partial charge in [0, 0.05) is 13.2 Å². The molecule has 3 rings (SSSR count). The first-order valence-corrected chi connectivity index (χ1v) is 17.5. The van der Waals surface area contributed by atoms with E-state index in [1.807, 2.05) is 0 Å². The van der Waals surface area contributed by atoms with Crippen LogP contribution in [0, 0.1) is 5.92 Å². The molecule has 3 heterocycles. The maximum atomic E-state index is 5.06. The number of ether oxygens (including phenoxy) is 1. The van der Waals surface area contributed by atoms with E-state index in [0.29, 0.717) is 0 Å². The number of hydrogen-bond acceptors (Lipinski definition) is 3. The van der Waals surface area contributed by atoms with Gasteiger partial charge >= 0.3 is 37.7 Å². The summed E-state index contributed by atoms with van der Waals surface area (Å²) < 4.78 is 5.06. The van der Waals surface area contributed by atoms with Gasteiger partial charge in [-0.3, -0.25) is 0 Å². The Hall–Kier alpha value is -0.360. The van der Waals surface area contributed by atoms with E-state index in [9.17, 15) is 0 Å². The van der Waals surface area contributed by atoms with Crippen LogP contribution >= 0.6 is 0 Å². The van der Waals surface area contributed by atoms with Crippen LogP contribution in [-0.4, -0.2) is 60.9 Å². The van der Waals surface area contributed by atoms with E-state index in [1.54, 1.807) is 0 Å². The first-order valence-electron chi connectivity index (χ1n) is 17.5. The summed E-state index contributed by atoms with van der Waals surface area (Å²) in [5.41, 5.74) is 5.21. The van der Waals surface area contributed by atoms with E-state index < -0.39 is 0 Å². The van der Waals surface area contributed by atoms with Crippen molar-refractivity contribution in [1.29, 1.82) is 0 Å². The Labute approximate surface area is 310 Å². The Morgan fingerprint density at radius 2 is 0.889 bits per heavy atom. The summed E-state index contributed by atoms with van der Waals surface area (Å²) in [5.74, 6) is 2.80. The van der Waals surface area contributed by atoms with E-state index in [-0.39, 0.29) is 70.2 Å². The molecule has 2 aromatic rings. The van der Waals surface area contributed by atoms with Gasteiger partial charge in [0.1, 0.15) is 0 Å². The van der Waals surface area contributed by atoms with Gasteiger partial charge in [0.25, 0.3) is 0 Å². The monoisotopic (exact) mass is 653 g/mol. The van der Waals surface area contributed by atoms with Crippen molar-refractivity contribution in [2.75, 3.05) is 13.2 Å². The Balaban J connectivity index is 0.000000711. The molecule has 0 aromatic carbocycles. The third-order valence-electron chi connectivity index (χ3n) is 9.92. The van der Waals surface area contributed by atoms with Crippen molar-refractivity contribution in [2.24, 2.45) is 5.92 Å². The van der Waals surface area contributed by atoms with Crippen LogP contribution in [0.5, 0.6) is 0 Å². The van der Waals surface area contributed by atoms with Crippen LogP contribution in [0.15, 0.2) is 0 Å². The second kappa shape index (κ2) is 16.8. The Bertz CT molecular complexity index is 998. The third kappa shape index (κ3) is 12.2. The van der Waals surface area contributed by atoms with Gasteiger partial charge in [-0.1, -0.05) is 166 Å². The molecule has 1 atom stereocenters. The average molecular weight is 653 g/mol. The molecule has 0 N–H and O–H groups in total. The van der Waals surface area contributed by atoms with Crippen LogP contribution in [0.4, 0.5) is 0 Å². The summed E-state index contributed by atoms with van der Waals surface area (Å²) in [6.45, 7) is 44.5. The molecule has 2 aromatic heterocycles. The summed E-state index contributed by atoms with van der Waals surface area (Å²) in [6, 6.07) is 0. The van der Waals surface area contributed by atoms with E-state index in [0.717, 1.165) is 56.5 Å². The van der Waals surface area contributed by atoms with Crippen molar-refractivity contribution in [3.05, 3.63) is 34.4 Å². The molecular weight excluding hydrogens is 581 g/mol. The molecule has 0 spiro atoms. The summed E-state index contributed by atoms with van der Waals surface area (Å²) in [4.78, 5) is 19.7. The molecule has 5 nitrogen and oxygen atoms in total. The van der Waals surface area contributed by atoms with Gasteiger partial charge in [-0.25, -0.2) is 0 Å². The molecule has 0 bridgehead atoms. The molecule has 1 saturated heterocycles. The zero-order chi connectivity index (χ0) is 34.5. The Kier molecular flexibility index (Phi) is 16.7. The van der Waals surface area contributed by atoms with E-state index >= 15 is 0 Å². The number of hydrogen-bond donors (Lipinski definition) is 0. The van der Waals surface area contributed by atoms with Gasteiger partial charge in [-0.15, -0.1) is 0 Å². The molecule has 1 aliphatic heterocycles. The molecular formula is C39H72CaN4O. The Morgan fingerprint density at radius 1 is 0.578 bits per heavy atom. The van der Waals surface area contributed by atoms with Crippen LogP contribution in [0.1, 0.15) is 198 Å². The fourth-order valence-corrected chi connectivity index (χ4v) is 4.57. The van der Waals surface area contributed by atoms with E-state index in [1.165, 1.54) is 29.2 Å². The van der Waals surface area contributed by atoms with Crippen LogP contribution in [-0.2, 0) is 37.2 Å². The molecule has 0 aliphatic carbocycles. The van der Waals surface area contributed by atoms with Gasteiger partial charge in [0.15, 0.2) is 0 Å². The second-order valence-corrected chi connectivity index (χ2v) is 17.9. The van der Waals surface area contributed by atoms with Crippen LogP contribution in [0.2, 0.25) is 0 Å². The fourth-order valence-electron chi connectivity index (χ4n) is 4.57. The fraction of sp³-hybridized carbons (Fsp3) is 0.846. The molecule has 0 amide bonds. The molecule has 1 fully saturated rings. The summed E-state index contributed by atoms with van der Waals surface area (Å²) >= 11 is 0. The van der Waals surface area contributed by atoms with Crippen molar-refractivity contribution < 1.29 is 4.74 Å². The maximum absolute atomic E-state index is 5.06. The normalized spacial score (nSPS) is 16.4. The van der Waals surface area contributed by atoms with Crippen molar-refractivity contribution in [1.82, 2.24) is 19.9 Å². The molecule has 0 saturated carbocycles. The zero-order valence-corrected chi connectivity index (χ0v) is 35.6. The van der Waals surface area contributed by atoms with Crippen molar-refractivity contribution in [3.8, 4) is 0 Å². The minimum Gasteiger partial charge on any atom is -0.442 e. The summed E-state index contributed by atoms with van der Waals surface area (Å²) in [6.07, 6.45) is 5.61. The molecule has 1 unspecified atom stereocenters. The van der Waals surface area contributed by atoms with Gasteiger partial charge in [0.2, 0.25) is 0 Å². The van der Waals surface area contributed by atoms with Crippen molar-refractivity contribution in [3.63, 3.8) is 0 Å². The molecule has 0 radical (unpaired) electrons. The third-order valence-corrected chi connectivity index (χ3v) is 9.92. The van der Waals surface area contributed by atoms with Gasteiger partial charge in [0.05, 0.1) is 0 Å². The number of aromatic nitrogens is 4. The Morgan fingerprint density at radius 3 is 1.07 bits per heavy atom. The minimum absolute atomic E-state index is 0. The van der Waals surface area contributed by atoms with Crippen LogP contribution in [0.3, 0.4) is 0 Å². The van der Waals surface area contributed by atoms with E-state index in [2.05, 4.69) is 132 Å². The second-order valence-electron chi connectivity index (χ2n) is 17.9.